The highest BCUT2D eigenvalue weighted by Crippen LogP contribution is 2.31. The third-order valence-electron chi connectivity index (χ3n) is 4.62. The molecule has 0 saturated carbocycles. The van der Waals surface area contributed by atoms with E-state index in [1.807, 2.05) is 11.3 Å². The minimum atomic E-state index is 0.0131. The maximum atomic E-state index is 6.13. The molecule has 0 bridgehead atoms. The van der Waals surface area contributed by atoms with Gasteiger partial charge in [0.15, 0.2) is 0 Å². The predicted molar refractivity (Wildman–Crippen MR) is 92.7 cm³/mol. The molecule has 3 heteroatoms. The molecule has 0 fully saturated rings. The second-order valence-electron chi connectivity index (χ2n) is 5.99. The molecule has 2 unspecified atom stereocenters. The Morgan fingerprint density at radius 2 is 1.90 bits per heavy atom. The zero-order chi connectivity index (χ0) is 15.3. The topological polar surface area (TPSA) is 29.3 Å². The summed E-state index contributed by atoms with van der Waals surface area (Å²) in [6, 6.07) is 15.4. The minimum absolute atomic E-state index is 0.0131. The van der Waals surface area contributed by atoms with E-state index in [-0.39, 0.29) is 5.54 Å². The maximum absolute atomic E-state index is 6.13. The van der Waals surface area contributed by atoms with Crippen LogP contribution in [-0.4, -0.2) is 24.0 Å². The Bertz CT molecular complexity index is 523. The van der Waals surface area contributed by atoms with E-state index >= 15 is 0 Å². The van der Waals surface area contributed by atoms with Gasteiger partial charge in [-0.1, -0.05) is 36.4 Å². The summed E-state index contributed by atoms with van der Waals surface area (Å²) in [6.07, 6.45) is 2.13. The second kappa shape index (κ2) is 7.21. The Kier molecular flexibility index (Phi) is 5.57. The van der Waals surface area contributed by atoms with Gasteiger partial charge in [0, 0.05) is 23.0 Å². The van der Waals surface area contributed by atoms with E-state index in [0.29, 0.717) is 12.6 Å². The molecule has 2 atom stereocenters. The van der Waals surface area contributed by atoms with Gasteiger partial charge in [0.05, 0.1) is 0 Å². The van der Waals surface area contributed by atoms with Gasteiger partial charge in [-0.15, -0.1) is 11.3 Å². The summed E-state index contributed by atoms with van der Waals surface area (Å²) in [5.74, 6) is 0. The van der Waals surface area contributed by atoms with Crippen LogP contribution in [0.3, 0.4) is 0 Å². The first kappa shape index (κ1) is 16.2. The molecule has 2 N–H and O–H groups in total. The summed E-state index contributed by atoms with van der Waals surface area (Å²) in [6.45, 7) is 5.22. The molecule has 0 amide bonds. The normalized spacial score (nSPS) is 15.9. The Hall–Kier alpha value is -1.16. The third-order valence-corrected chi connectivity index (χ3v) is 5.66. The molecule has 0 saturated heterocycles. The van der Waals surface area contributed by atoms with Crippen LogP contribution in [0.4, 0.5) is 0 Å². The van der Waals surface area contributed by atoms with Gasteiger partial charge < -0.3 is 5.73 Å². The van der Waals surface area contributed by atoms with Crippen LogP contribution in [-0.2, 0) is 6.42 Å². The van der Waals surface area contributed by atoms with Crippen molar-refractivity contribution in [3.63, 3.8) is 0 Å². The summed E-state index contributed by atoms with van der Waals surface area (Å²) in [7, 11) is 2.20. The first-order valence-electron chi connectivity index (χ1n) is 7.57. The fourth-order valence-corrected chi connectivity index (χ4v) is 3.49. The first-order valence-corrected chi connectivity index (χ1v) is 8.45. The maximum Gasteiger partial charge on any atom is 0.0416 e. The number of thiophene rings is 1. The number of hydrogen-bond donors (Lipinski definition) is 1. The molecule has 21 heavy (non-hydrogen) atoms. The molecular weight excluding hydrogens is 276 g/mol. The molecule has 2 nitrogen and oxygen atoms in total. The number of likely N-dealkylation sites (N-methyl/N-ethyl adjacent to an activating group) is 1. The largest absolute Gasteiger partial charge is 0.329 e. The van der Waals surface area contributed by atoms with Gasteiger partial charge >= 0.3 is 0 Å². The van der Waals surface area contributed by atoms with E-state index in [2.05, 4.69) is 73.6 Å². The number of nitrogens with two attached hydrogens (primary N) is 1. The van der Waals surface area contributed by atoms with Crippen molar-refractivity contribution >= 4 is 11.3 Å². The lowest BCUT2D eigenvalue weighted by Crippen LogP contribution is -2.50. The zero-order valence-electron chi connectivity index (χ0n) is 13.3. The lowest BCUT2D eigenvalue weighted by Gasteiger charge is -2.42. The van der Waals surface area contributed by atoms with Gasteiger partial charge in [-0.2, -0.15) is 0 Å². The number of nitrogens with zero attached hydrogens (tertiary/aromatic N) is 1. The van der Waals surface area contributed by atoms with Gasteiger partial charge in [0.1, 0.15) is 0 Å². The van der Waals surface area contributed by atoms with Crippen molar-refractivity contribution in [3.8, 4) is 0 Å². The monoisotopic (exact) mass is 302 g/mol. The van der Waals surface area contributed by atoms with Crippen LogP contribution in [0.5, 0.6) is 0 Å². The molecule has 2 aromatic rings. The molecule has 0 aliphatic heterocycles. The highest BCUT2D eigenvalue weighted by atomic mass is 32.1. The molecule has 0 radical (unpaired) electrons. The summed E-state index contributed by atoms with van der Waals surface area (Å²) in [5, 5.41) is 2.14. The number of benzene rings is 1. The predicted octanol–water partition coefficient (Wildman–Crippen LogP) is 4.09. The van der Waals surface area contributed by atoms with E-state index in [1.54, 1.807) is 0 Å². The average molecular weight is 302 g/mol. The SMILES string of the molecule is CC(c1cccs1)N(C)C(C)(CN)CCc1ccccc1. The number of hydrogen-bond acceptors (Lipinski definition) is 3. The highest BCUT2D eigenvalue weighted by molar-refractivity contribution is 7.10. The average Bonchev–Trinajstić information content (AvgIpc) is 3.06. The third kappa shape index (κ3) is 3.94. The quantitative estimate of drug-likeness (QED) is 0.834. The summed E-state index contributed by atoms with van der Waals surface area (Å²) in [4.78, 5) is 3.83. The van der Waals surface area contributed by atoms with Crippen LogP contribution in [0.2, 0.25) is 0 Å². The lowest BCUT2D eigenvalue weighted by atomic mass is 9.90. The van der Waals surface area contributed by atoms with Crippen LogP contribution < -0.4 is 5.73 Å². The van der Waals surface area contributed by atoms with Crippen molar-refractivity contribution in [3.05, 3.63) is 58.3 Å². The fraction of sp³-hybridized carbons (Fsp3) is 0.444. The molecule has 0 aliphatic carbocycles. The Labute approximate surface area is 132 Å². The van der Waals surface area contributed by atoms with Gasteiger partial charge in [0.25, 0.3) is 0 Å². The second-order valence-corrected chi connectivity index (χ2v) is 6.97. The van der Waals surface area contributed by atoms with E-state index in [1.165, 1.54) is 10.4 Å². The fourth-order valence-electron chi connectivity index (χ4n) is 2.67. The zero-order valence-corrected chi connectivity index (χ0v) is 14.1. The van der Waals surface area contributed by atoms with E-state index < -0.39 is 0 Å². The van der Waals surface area contributed by atoms with Crippen LogP contribution in [0, 0.1) is 0 Å². The Morgan fingerprint density at radius 1 is 1.19 bits per heavy atom. The lowest BCUT2D eigenvalue weighted by molar-refractivity contribution is 0.0936. The molecule has 1 aromatic heterocycles. The smallest absolute Gasteiger partial charge is 0.0416 e. The standard InChI is InChI=1S/C18H26N2S/c1-15(17-10-7-13-21-17)20(3)18(2,14-19)12-11-16-8-5-4-6-9-16/h4-10,13,15H,11-12,14,19H2,1-3H3. The van der Waals surface area contributed by atoms with Crippen molar-refractivity contribution in [2.45, 2.75) is 38.3 Å². The summed E-state index contributed by atoms with van der Waals surface area (Å²) in [5.41, 5.74) is 7.52. The molecule has 114 valence electrons. The number of rotatable bonds is 7. The van der Waals surface area contributed by atoms with Crippen LogP contribution in [0.15, 0.2) is 47.8 Å². The van der Waals surface area contributed by atoms with E-state index in [4.69, 9.17) is 5.73 Å². The van der Waals surface area contributed by atoms with E-state index in [0.717, 1.165) is 12.8 Å². The minimum Gasteiger partial charge on any atom is -0.329 e. The Balaban J connectivity index is 2.05. The molecule has 0 aliphatic rings. The summed E-state index contributed by atoms with van der Waals surface area (Å²) >= 11 is 1.82. The molecule has 2 rings (SSSR count). The number of aryl methyl sites for hydroxylation is 1. The molecule has 1 heterocycles. The molecule has 1 aromatic carbocycles. The highest BCUT2D eigenvalue weighted by Gasteiger charge is 2.31. The summed E-state index contributed by atoms with van der Waals surface area (Å²) < 4.78 is 0. The van der Waals surface area contributed by atoms with Crippen molar-refractivity contribution in [2.24, 2.45) is 5.73 Å². The van der Waals surface area contributed by atoms with Crippen molar-refractivity contribution in [1.82, 2.24) is 4.90 Å². The van der Waals surface area contributed by atoms with Gasteiger partial charge in [-0.3, -0.25) is 4.90 Å². The van der Waals surface area contributed by atoms with Gasteiger partial charge in [-0.25, -0.2) is 0 Å². The van der Waals surface area contributed by atoms with Crippen molar-refractivity contribution in [1.29, 1.82) is 0 Å². The first-order chi connectivity index (χ1) is 10.1. The van der Waals surface area contributed by atoms with Crippen LogP contribution in [0.25, 0.3) is 0 Å². The van der Waals surface area contributed by atoms with Gasteiger partial charge in [-0.05, 0) is 50.7 Å². The molecular formula is C18H26N2S. The van der Waals surface area contributed by atoms with Crippen LogP contribution in [0.1, 0.15) is 36.8 Å². The van der Waals surface area contributed by atoms with E-state index in [9.17, 15) is 0 Å². The Morgan fingerprint density at radius 3 is 2.48 bits per heavy atom. The van der Waals surface area contributed by atoms with Gasteiger partial charge in [0.2, 0.25) is 0 Å². The van der Waals surface area contributed by atoms with Crippen molar-refractivity contribution < 1.29 is 0 Å². The van der Waals surface area contributed by atoms with Crippen LogP contribution >= 0.6 is 11.3 Å². The molecule has 0 spiro atoms. The van der Waals surface area contributed by atoms with Crippen molar-refractivity contribution in [2.75, 3.05) is 13.6 Å².